The Morgan fingerprint density at radius 2 is 2.36 bits per heavy atom. The highest BCUT2D eigenvalue weighted by Crippen LogP contribution is 2.30. The SMILES string of the molecule is O=C(O)C(Br)c1csc(Br)c1. The predicted molar refractivity (Wildman–Crippen MR) is 51.3 cm³/mol. The monoisotopic (exact) mass is 298 g/mol. The van der Waals surface area contributed by atoms with Crippen molar-refractivity contribution in [3.05, 3.63) is 20.8 Å². The second kappa shape index (κ2) is 3.69. The van der Waals surface area contributed by atoms with Crippen LogP contribution in [0.5, 0.6) is 0 Å². The van der Waals surface area contributed by atoms with Crippen molar-refractivity contribution in [2.24, 2.45) is 0 Å². The van der Waals surface area contributed by atoms with Crippen LogP contribution in [-0.4, -0.2) is 11.1 Å². The fourth-order valence-electron chi connectivity index (χ4n) is 0.599. The highest BCUT2D eigenvalue weighted by Gasteiger charge is 2.16. The van der Waals surface area contributed by atoms with Crippen molar-refractivity contribution in [3.63, 3.8) is 0 Å². The van der Waals surface area contributed by atoms with Gasteiger partial charge in [0.15, 0.2) is 0 Å². The van der Waals surface area contributed by atoms with E-state index in [9.17, 15) is 4.79 Å². The first-order valence-corrected chi connectivity index (χ1v) is 5.31. The Morgan fingerprint density at radius 3 is 2.73 bits per heavy atom. The lowest BCUT2D eigenvalue weighted by Crippen LogP contribution is -2.02. The Bertz CT molecular complexity index is 271. The first kappa shape index (κ1) is 9.22. The highest BCUT2D eigenvalue weighted by atomic mass is 79.9. The molecule has 11 heavy (non-hydrogen) atoms. The van der Waals surface area contributed by atoms with Crippen molar-refractivity contribution in [2.75, 3.05) is 0 Å². The fourth-order valence-corrected chi connectivity index (χ4v) is 2.24. The number of aliphatic carboxylic acids is 1. The van der Waals surface area contributed by atoms with Gasteiger partial charge in [0.2, 0.25) is 0 Å². The highest BCUT2D eigenvalue weighted by molar-refractivity contribution is 9.11. The van der Waals surface area contributed by atoms with Crippen LogP contribution in [0, 0.1) is 0 Å². The molecule has 0 aliphatic carbocycles. The number of rotatable bonds is 2. The van der Waals surface area contributed by atoms with E-state index in [-0.39, 0.29) is 0 Å². The Labute approximate surface area is 84.5 Å². The van der Waals surface area contributed by atoms with Crippen molar-refractivity contribution in [1.29, 1.82) is 0 Å². The topological polar surface area (TPSA) is 37.3 Å². The van der Waals surface area contributed by atoms with E-state index in [4.69, 9.17) is 5.11 Å². The van der Waals surface area contributed by atoms with Gasteiger partial charge in [0.25, 0.3) is 0 Å². The Balaban J connectivity index is 2.84. The lowest BCUT2D eigenvalue weighted by molar-refractivity contribution is -0.136. The maximum absolute atomic E-state index is 10.5. The summed E-state index contributed by atoms with van der Waals surface area (Å²) in [5.74, 6) is -0.865. The Hall–Kier alpha value is 0.130. The largest absolute Gasteiger partial charge is 0.480 e. The zero-order chi connectivity index (χ0) is 8.43. The summed E-state index contributed by atoms with van der Waals surface area (Å²) in [6.07, 6.45) is 0. The first-order valence-electron chi connectivity index (χ1n) is 2.72. The van der Waals surface area contributed by atoms with Crippen molar-refractivity contribution in [2.45, 2.75) is 4.83 Å². The van der Waals surface area contributed by atoms with E-state index in [1.165, 1.54) is 11.3 Å². The number of alkyl halides is 1. The average molecular weight is 300 g/mol. The minimum atomic E-state index is -0.865. The summed E-state index contributed by atoms with van der Waals surface area (Å²) in [7, 11) is 0. The first-order chi connectivity index (χ1) is 5.11. The molecule has 1 aromatic heterocycles. The van der Waals surface area contributed by atoms with Gasteiger partial charge in [-0.3, -0.25) is 4.79 Å². The summed E-state index contributed by atoms with van der Waals surface area (Å²) in [6.45, 7) is 0. The molecule has 0 fully saturated rings. The van der Waals surface area contributed by atoms with E-state index in [0.717, 1.165) is 9.35 Å². The quantitative estimate of drug-likeness (QED) is 0.852. The molecule has 0 saturated heterocycles. The van der Waals surface area contributed by atoms with Crippen LogP contribution in [0.4, 0.5) is 0 Å². The minimum absolute atomic E-state index is 0.593. The van der Waals surface area contributed by atoms with Gasteiger partial charge in [-0.05, 0) is 32.9 Å². The van der Waals surface area contributed by atoms with Gasteiger partial charge in [-0.15, -0.1) is 11.3 Å². The number of hydrogen-bond donors (Lipinski definition) is 1. The molecular formula is C6H4Br2O2S. The molecule has 0 aliphatic heterocycles. The van der Waals surface area contributed by atoms with E-state index in [2.05, 4.69) is 31.9 Å². The maximum atomic E-state index is 10.5. The van der Waals surface area contributed by atoms with Crippen molar-refractivity contribution < 1.29 is 9.90 Å². The van der Waals surface area contributed by atoms with E-state index in [0.29, 0.717) is 0 Å². The molecular weight excluding hydrogens is 296 g/mol. The van der Waals surface area contributed by atoms with E-state index in [1.54, 1.807) is 11.4 Å². The third-order valence-electron chi connectivity index (χ3n) is 1.10. The second-order valence-corrected chi connectivity index (χ2v) is 5.09. The minimum Gasteiger partial charge on any atom is -0.480 e. The second-order valence-electron chi connectivity index (χ2n) is 1.88. The summed E-state index contributed by atoms with van der Waals surface area (Å²) < 4.78 is 0.943. The molecule has 2 nitrogen and oxygen atoms in total. The van der Waals surface area contributed by atoms with E-state index >= 15 is 0 Å². The number of carboxylic acids is 1. The summed E-state index contributed by atoms with van der Waals surface area (Å²) in [5, 5.41) is 10.4. The van der Waals surface area contributed by atoms with Crippen LogP contribution in [-0.2, 0) is 4.79 Å². The summed E-state index contributed by atoms with van der Waals surface area (Å²) in [6, 6.07) is 1.79. The zero-order valence-electron chi connectivity index (χ0n) is 5.25. The van der Waals surface area contributed by atoms with Gasteiger partial charge >= 0.3 is 5.97 Å². The molecule has 1 unspecified atom stereocenters. The summed E-state index contributed by atoms with van der Waals surface area (Å²) >= 11 is 7.78. The lowest BCUT2D eigenvalue weighted by Gasteiger charge is -1.98. The third kappa shape index (κ3) is 2.28. The van der Waals surface area contributed by atoms with Crippen molar-refractivity contribution in [3.8, 4) is 0 Å². The number of halogens is 2. The molecule has 0 saturated carbocycles. The molecule has 5 heteroatoms. The van der Waals surface area contributed by atoms with Gasteiger partial charge in [-0.1, -0.05) is 15.9 Å². The molecule has 1 atom stereocenters. The third-order valence-corrected chi connectivity index (χ3v) is 3.54. The van der Waals surface area contributed by atoms with Crippen LogP contribution in [0.15, 0.2) is 15.2 Å². The van der Waals surface area contributed by atoms with Crippen LogP contribution < -0.4 is 0 Å². The summed E-state index contributed by atoms with van der Waals surface area (Å²) in [4.78, 5) is 9.86. The van der Waals surface area contributed by atoms with Crippen LogP contribution in [0.1, 0.15) is 10.4 Å². The molecule has 1 aromatic rings. The van der Waals surface area contributed by atoms with Gasteiger partial charge in [0.1, 0.15) is 4.83 Å². The molecule has 0 aromatic carbocycles. The Kier molecular flexibility index (Phi) is 3.09. The fraction of sp³-hybridized carbons (Fsp3) is 0.167. The molecule has 0 aliphatic rings. The van der Waals surface area contributed by atoms with Crippen LogP contribution in [0.3, 0.4) is 0 Å². The molecule has 60 valence electrons. The van der Waals surface area contributed by atoms with Gasteiger partial charge in [0.05, 0.1) is 3.79 Å². The smallest absolute Gasteiger partial charge is 0.321 e. The van der Waals surface area contributed by atoms with Gasteiger partial charge in [-0.2, -0.15) is 0 Å². The van der Waals surface area contributed by atoms with E-state index in [1.807, 2.05) is 0 Å². The van der Waals surface area contributed by atoms with Gasteiger partial charge in [-0.25, -0.2) is 0 Å². The average Bonchev–Trinajstić information content (AvgIpc) is 2.34. The Morgan fingerprint density at radius 1 is 1.73 bits per heavy atom. The lowest BCUT2D eigenvalue weighted by atomic mass is 10.2. The molecule has 1 heterocycles. The molecule has 1 rings (SSSR count). The van der Waals surface area contributed by atoms with Crippen molar-refractivity contribution in [1.82, 2.24) is 0 Å². The molecule has 0 bridgehead atoms. The number of thiophene rings is 1. The molecule has 0 spiro atoms. The number of carbonyl (C=O) groups is 1. The normalized spacial score (nSPS) is 12.9. The van der Waals surface area contributed by atoms with Gasteiger partial charge in [0, 0.05) is 0 Å². The number of hydrogen-bond acceptors (Lipinski definition) is 2. The molecule has 1 N–H and O–H groups in total. The van der Waals surface area contributed by atoms with Crippen LogP contribution in [0.25, 0.3) is 0 Å². The summed E-state index contributed by atoms with van der Waals surface area (Å²) in [5.41, 5.74) is 0.773. The van der Waals surface area contributed by atoms with Crippen molar-refractivity contribution >= 4 is 49.2 Å². The van der Waals surface area contributed by atoms with Crippen LogP contribution in [0.2, 0.25) is 0 Å². The van der Waals surface area contributed by atoms with E-state index < -0.39 is 10.8 Å². The van der Waals surface area contributed by atoms with Gasteiger partial charge < -0.3 is 5.11 Å². The standard InChI is InChI=1S/C6H4Br2O2S/c7-4-1-3(2-11-4)5(8)6(9)10/h1-2,5H,(H,9,10). The zero-order valence-corrected chi connectivity index (χ0v) is 9.24. The predicted octanol–water partition coefficient (Wildman–Crippen LogP) is 3.03. The number of carboxylic acid groups (broad SMARTS) is 1. The molecule has 0 radical (unpaired) electrons. The maximum Gasteiger partial charge on any atom is 0.321 e. The van der Waals surface area contributed by atoms with Crippen LogP contribution >= 0.6 is 43.2 Å². The molecule has 0 amide bonds.